The summed E-state index contributed by atoms with van der Waals surface area (Å²) in [5, 5.41) is 9.85. The van der Waals surface area contributed by atoms with Crippen LogP contribution in [0.25, 0.3) is 0 Å². The van der Waals surface area contributed by atoms with Crippen molar-refractivity contribution in [1.29, 1.82) is 0 Å². The number of nitrogens with zero attached hydrogens (tertiary/aromatic N) is 1. The fraction of sp³-hybridized carbons (Fsp3) is 1.00. The monoisotopic (exact) mass is 197 g/mol. The van der Waals surface area contributed by atoms with E-state index in [0.717, 1.165) is 18.9 Å². The zero-order valence-corrected chi connectivity index (χ0v) is 9.28. The van der Waals surface area contributed by atoms with E-state index < -0.39 is 0 Å². The molecule has 2 unspecified atom stereocenters. The number of aliphatic hydroxyl groups is 1. The van der Waals surface area contributed by atoms with Gasteiger partial charge in [-0.15, -0.1) is 0 Å². The Kier molecular flexibility index (Phi) is 3.45. The summed E-state index contributed by atoms with van der Waals surface area (Å²) >= 11 is 0. The van der Waals surface area contributed by atoms with Gasteiger partial charge in [0.1, 0.15) is 0 Å². The lowest BCUT2D eigenvalue weighted by atomic mass is 9.84. The summed E-state index contributed by atoms with van der Waals surface area (Å²) in [6, 6.07) is 0.473. The summed E-state index contributed by atoms with van der Waals surface area (Å²) in [4.78, 5) is 2.52. The Balaban J connectivity index is 1.84. The van der Waals surface area contributed by atoms with E-state index in [1.165, 1.54) is 38.6 Å². The average molecular weight is 197 g/mol. The van der Waals surface area contributed by atoms with Gasteiger partial charge in [-0.05, 0) is 44.6 Å². The van der Waals surface area contributed by atoms with Gasteiger partial charge in [-0.25, -0.2) is 0 Å². The van der Waals surface area contributed by atoms with Crippen molar-refractivity contribution in [3.8, 4) is 0 Å². The summed E-state index contributed by atoms with van der Waals surface area (Å²) in [6.07, 6.45) is 7.66. The first-order valence-electron chi connectivity index (χ1n) is 6.23. The van der Waals surface area contributed by atoms with Crippen LogP contribution in [0.4, 0.5) is 0 Å². The third-order valence-corrected chi connectivity index (χ3v) is 4.04. The van der Waals surface area contributed by atoms with E-state index >= 15 is 0 Å². The molecule has 14 heavy (non-hydrogen) atoms. The topological polar surface area (TPSA) is 23.5 Å². The summed E-state index contributed by atoms with van der Waals surface area (Å²) in [5.41, 5.74) is 0. The molecular formula is C12H23NO. The van der Waals surface area contributed by atoms with Gasteiger partial charge in [-0.1, -0.05) is 13.3 Å². The SMILES string of the molecule is CCN(CC1CCC1)C1CCCC1O. The molecule has 0 aromatic rings. The molecule has 0 bridgehead atoms. The van der Waals surface area contributed by atoms with Crippen molar-refractivity contribution in [2.75, 3.05) is 13.1 Å². The van der Waals surface area contributed by atoms with Crippen molar-refractivity contribution in [2.45, 2.75) is 57.6 Å². The molecule has 0 aliphatic heterocycles. The minimum absolute atomic E-state index is 0.0463. The number of aliphatic hydroxyl groups excluding tert-OH is 1. The van der Waals surface area contributed by atoms with E-state index in [4.69, 9.17) is 0 Å². The third kappa shape index (κ3) is 2.12. The zero-order valence-electron chi connectivity index (χ0n) is 9.28. The lowest BCUT2D eigenvalue weighted by Gasteiger charge is -2.36. The van der Waals surface area contributed by atoms with Crippen molar-refractivity contribution < 1.29 is 5.11 Å². The maximum absolute atomic E-state index is 9.85. The van der Waals surface area contributed by atoms with Crippen LogP contribution < -0.4 is 0 Å². The maximum atomic E-state index is 9.85. The van der Waals surface area contributed by atoms with Crippen LogP contribution in [0.2, 0.25) is 0 Å². The molecule has 0 saturated heterocycles. The van der Waals surface area contributed by atoms with Crippen LogP contribution in [-0.4, -0.2) is 35.2 Å². The van der Waals surface area contributed by atoms with Crippen LogP contribution >= 0.6 is 0 Å². The Morgan fingerprint density at radius 2 is 1.86 bits per heavy atom. The standard InChI is InChI=1S/C12H23NO/c1-2-13(9-10-5-3-6-10)11-7-4-8-12(11)14/h10-12,14H,2-9H2,1H3. The molecule has 0 aromatic heterocycles. The van der Waals surface area contributed by atoms with Crippen molar-refractivity contribution in [3.05, 3.63) is 0 Å². The van der Waals surface area contributed by atoms with Gasteiger partial charge in [0, 0.05) is 12.6 Å². The van der Waals surface area contributed by atoms with Gasteiger partial charge in [0.05, 0.1) is 6.10 Å². The molecule has 2 aliphatic carbocycles. The summed E-state index contributed by atoms with van der Waals surface area (Å²) < 4.78 is 0. The lowest BCUT2D eigenvalue weighted by Crippen LogP contribution is -2.43. The number of hydrogen-bond acceptors (Lipinski definition) is 2. The number of rotatable bonds is 4. The second-order valence-electron chi connectivity index (χ2n) is 4.95. The fourth-order valence-corrected chi connectivity index (χ4v) is 2.85. The predicted molar refractivity (Wildman–Crippen MR) is 58.2 cm³/mol. The van der Waals surface area contributed by atoms with Crippen LogP contribution in [0, 0.1) is 5.92 Å². The van der Waals surface area contributed by atoms with E-state index in [0.29, 0.717) is 6.04 Å². The number of hydrogen-bond donors (Lipinski definition) is 1. The minimum atomic E-state index is -0.0463. The largest absolute Gasteiger partial charge is 0.391 e. The van der Waals surface area contributed by atoms with Gasteiger partial charge >= 0.3 is 0 Å². The molecule has 2 atom stereocenters. The van der Waals surface area contributed by atoms with E-state index in [1.54, 1.807) is 0 Å². The first-order chi connectivity index (χ1) is 6.81. The van der Waals surface area contributed by atoms with Gasteiger partial charge in [0.2, 0.25) is 0 Å². The van der Waals surface area contributed by atoms with Gasteiger partial charge in [-0.2, -0.15) is 0 Å². The first-order valence-corrected chi connectivity index (χ1v) is 6.23. The Morgan fingerprint density at radius 3 is 2.29 bits per heavy atom. The van der Waals surface area contributed by atoms with Crippen molar-refractivity contribution >= 4 is 0 Å². The van der Waals surface area contributed by atoms with Crippen LogP contribution in [0.5, 0.6) is 0 Å². The van der Waals surface area contributed by atoms with Crippen molar-refractivity contribution in [1.82, 2.24) is 4.90 Å². The van der Waals surface area contributed by atoms with Gasteiger partial charge in [0.15, 0.2) is 0 Å². The molecule has 2 fully saturated rings. The molecule has 0 spiro atoms. The zero-order chi connectivity index (χ0) is 9.97. The highest BCUT2D eigenvalue weighted by molar-refractivity contribution is 4.86. The molecule has 2 aliphatic rings. The third-order valence-electron chi connectivity index (χ3n) is 4.04. The Morgan fingerprint density at radius 1 is 1.14 bits per heavy atom. The van der Waals surface area contributed by atoms with Gasteiger partial charge in [-0.3, -0.25) is 4.90 Å². The quantitative estimate of drug-likeness (QED) is 0.745. The highest BCUT2D eigenvalue weighted by atomic mass is 16.3. The molecule has 2 rings (SSSR count). The normalized spacial score (nSPS) is 33.6. The number of likely N-dealkylation sites (N-methyl/N-ethyl adjacent to an activating group) is 1. The molecule has 1 N–H and O–H groups in total. The van der Waals surface area contributed by atoms with Crippen molar-refractivity contribution in [2.24, 2.45) is 5.92 Å². The summed E-state index contributed by atoms with van der Waals surface area (Å²) in [5.74, 6) is 0.933. The molecule has 0 heterocycles. The molecule has 0 amide bonds. The van der Waals surface area contributed by atoms with Gasteiger partial charge < -0.3 is 5.11 Å². The van der Waals surface area contributed by atoms with E-state index in [9.17, 15) is 5.11 Å². The predicted octanol–water partition coefficient (Wildman–Crippen LogP) is 2.02. The van der Waals surface area contributed by atoms with E-state index in [2.05, 4.69) is 11.8 Å². The highest BCUT2D eigenvalue weighted by Crippen LogP contribution is 2.30. The molecule has 2 saturated carbocycles. The lowest BCUT2D eigenvalue weighted by molar-refractivity contribution is 0.0539. The van der Waals surface area contributed by atoms with Crippen LogP contribution in [-0.2, 0) is 0 Å². The molecule has 0 radical (unpaired) electrons. The highest BCUT2D eigenvalue weighted by Gasteiger charge is 2.31. The van der Waals surface area contributed by atoms with Crippen LogP contribution in [0.3, 0.4) is 0 Å². The van der Waals surface area contributed by atoms with Crippen LogP contribution in [0.1, 0.15) is 45.4 Å². The second-order valence-corrected chi connectivity index (χ2v) is 4.95. The Bertz CT molecular complexity index is 179. The smallest absolute Gasteiger partial charge is 0.0695 e. The fourth-order valence-electron chi connectivity index (χ4n) is 2.85. The molecule has 2 nitrogen and oxygen atoms in total. The first kappa shape index (κ1) is 10.4. The second kappa shape index (κ2) is 4.63. The summed E-state index contributed by atoms with van der Waals surface area (Å²) in [7, 11) is 0. The minimum Gasteiger partial charge on any atom is -0.391 e. The van der Waals surface area contributed by atoms with Crippen LogP contribution in [0.15, 0.2) is 0 Å². The molecule has 2 heteroatoms. The van der Waals surface area contributed by atoms with Crippen molar-refractivity contribution in [3.63, 3.8) is 0 Å². The molecular weight excluding hydrogens is 174 g/mol. The van der Waals surface area contributed by atoms with Gasteiger partial charge in [0.25, 0.3) is 0 Å². The molecule has 82 valence electrons. The maximum Gasteiger partial charge on any atom is 0.0695 e. The Hall–Kier alpha value is -0.0800. The van der Waals surface area contributed by atoms with E-state index in [-0.39, 0.29) is 6.10 Å². The van der Waals surface area contributed by atoms with E-state index in [1.807, 2.05) is 0 Å². The average Bonchev–Trinajstić information content (AvgIpc) is 2.51. The summed E-state index contributed by atoms with van der Waals surface area (Å²) in [6.45, 7) is 4.57. The molecule has 0 aromatic carbocycles. The Labute approximate surface area is 87.3 Å².